The number of nitrogen functional groups attached to an aromatic ring is 1. The van der Waals surface area contributed by atoms with Crippen LogP contribution in [-0.4, -0.2) is 40.8 Å². The molecule has 0 spiro atoms. The van der Waals surface area contributed by atoms with Gasteiger partial charge in [0.15, 0.2) is 0 Å². The third kappa shape index (κ3) is 4.19. The number of hydrazine groups is 1. The highest BCUT2D eigenvalue weighted by Crippen LogP contribution is 2.19. The zero-order valence-corrected chi connectivity index (χ0v) is 11.5. The van der Waals surface area contributed by atoms with Crippen molar-refractivity contribution in [1.29, 1.82) is 0 Å². The van der Waals surface area contributed by atoms with Crippen LogP contribution in [0.3, 0.4) is 0 Å². The van der Waals surface area contributed by atoms with E-state index < -0.39 is 0 Å². The van der Waals surface area contributed by atoms with Crippen molar-refractivity contribution in [3.05, 3.63) is 5.69 Å². The van der Waals surface area contributed by atoms with Crippen LogP contribution in [0, 0.1) is 0 Å². The lowest BCUT2D eigenvalue weighted by molar-refractivity contribution is 0.117. The summed E-state index contributed by atoms with van der Waals surface area (Å²) in [5.74, 6) is 5.42. The Balaban J connectivity index is 2.64. The molecule has 3 N–H and O–H groups in total. The van der Waals surface area contributed by atoms with Gasteiger partial charge in [0.2, 0.25) is 0 Å². The van der Waals surface area contributed by atoms with Crippen molar-refractivity contribution in [2.45, 2.75) is 32.9 Å². The molecule has 0 aromatic carbocycles. The van der Waals surface area contributed by atoms with Crippen molar-refractivity contribution in [3.63, 3.8) is 0 Å². The van der Waals surface area contributed by atoms with Gasteiger partial charge in [-0.2, -0.15) is 0 Å². The molecule has 1 rings (SSSR count). The maximum atomic E-state index is 5.42. The van der Waals surface area contributed by atoms with E-state index in [0.717, 1.165) is 30.2 Å². The van der Waals surface area contributed by atoms with Gasteiger partial charge in [-0.1, -0.05) is 11.4 Å². The highest BCUT2D eigenvalue weighted by atomic mass is 32.1. The number of rotatable bonds is 8. The normalized spacial score (nSPS) is 13.0. The van der Waals surface area contributed by atoms with Crippen LogP contribution in [0.5, 0.6) is 0 Å². The van der Waals surface area contributed by atoms with Gasteiger partial charge in [-0.05, 0) is 13.3 Å². The number of nitrogens with one attached hydrogen (secondary N) is 1. The summed E-state index contributed by atoms with van der Waals surface area (Å²) in [6.07, 6.45) is 1.09. The number of anilines is 1. The van der Waals surface area contributed by atoms with E-state index in [1.807, 2.05) is 0 Å². The molecule has 0 radical (unpaired) electrons. The van der Waals surface area contributed by atoms with E-state index in [-0.39, 0.29) is 0 Å². The lowest BCUT2D eigenvalue weighted by Crippen LogP contribution is -2.35. The zero-order valence-electron chi connectivity index (χ0n) is 10.6. The second-order valence-electron chi connectivity index (χ2n) is 3.91. The maximum Gasteiger partial charge on any atom is 0.148 e. The van der Waals surface area contributed by atoms with Crippen LogP contribution in [0.15, 0.2) is 0 Å². The molecule has 0 aliphatic heterocycles. The predicted octanol–water partition coefficient (Wildman–Crippen LogP) is 1.07. The summed E-state index contributed by atoms with van der Waals surface area (Å²) in [6, 6.07) is 0.484. The third-order valence-corrected chi connectivity index (χ3v) is 3.54. The molecule has 6 nitrogen and oxygen atoms in total. The van der Waals surface area contributed by atoms with E-state index in [9.17, 15) is 0 Å². The summed E-state index contributed by atoms with van der Waals surface area (Å²) < 4.78 is 9.03. The smallest absolute Gasteiger partial charge is 0.148 e. The first kappa shape index (κ1) is 14.3. The summed E-state index contributed by atoms with van der Waals surface area (Å²) in [6.45, 7) is 6.71. The van der Waals surface area contributed by atoms with Crippen LogP contribution in [-0.2, 0) is 11.3 Å². The van der Waals surface area contributed by atoms with Crippen LogP contribution < -0.4 is 11.3 Å². The Hall–Kier alpha value is -0.760. The minimum Gasteiger partial charge on any atom is -0.383 e. The maximum absolute atomic E-state index is 5.42. The lowest BCUT2D eigenvalue weighted by atomic mass is 10.2. The van der Waals surface area contributed by atoms with Gasteiger partial charge in [0.25, 0.3) is 0 Å². The molecule has 7 heteroatoms. The summed E-state index contributed by atoms with van der Waals surface area (Å²) >= 11 is 1.28. The molecular weight excluding hydrogens is 238 g/mol. The number of hydrogen-bond acceptors (Lipinski definition) is 7. The molecule has 0 bridgehead atoms. The highest BCUT2D eigenvalue weighted by molar-refractivity contribution is 7.10. The number of hydrogen-bond donors (Lipinski definition) is 2. The average molecular weight is 259 g/mol. The monoisotopic (exact) mass is 259 g/mol. The quantitative estimate of drug-likeness (QED) is 0.537. The molecule has 0 aliphatic rings. The van der Waals surface area contributed by atoms with E-state index >= 15 is 0 Å². The van der Waals surface area contributed by atoms with Crippen LogP contribution >= 0.6 is 11.5 Å². The number of methoxy groups -OCH3 is 1. The fourth-order valence-electron chi connectivity index (χ4n) is 1.54. The summed E-state index contributed by atoms with van der Waals surface area (Å²) in [7, 11) is 1.71. The van der Waals surface area contributed by atoms with Gasteiger partial charge in [0.05, 0.1) is 6.61 Å². The minimum absolute atomic E-state index is 0.484. The standard InChI is InChI=1S/C10H21N5OS/c1-4-8(2)15(5-6-16-3)7-9-10(12-11)17-14-13-9/h8,12H,4-7,11H2,1-3H3. The van der Waals surface area contributed by atoms with E-state index in [1.165, 1.54) is 11.5 Å². The second kappa shape index (κ2) is 7.54. The minimum atomic E-state index is 0.484. The second-order valence-corrected chi connectivity index (χ2v) is 4.67. The first-order valence-electron chi connectivity index (χ1n) is 5.73. The van der Waals surface area contributed by atoms with Crippen LogP contribution in [0.4, 0.5) is 5.00 Å². The van der Waals surface area contributed by atoms with Gasteiger partial charge in [-0.3, -0.25) is 4.90 Å². The van der Waals surface area contributed by atoms with Crippen LogP contribution in [0.2, 0.25) is 0 Å². The van der Waals surface area contributed by atoms with Crippen molar-refractivity contribution in [1.82, 2.24) is 14.5 Å². The Bertz CT molecular complexity index is 319. The summed E-state index contributed by atoms with van der Waals surface area (Å²) in [4.78, 5) is 2.32. The van der Waals surface area contributed by atoms with E-state index in [2.05, 4.69) is 33.8 Å². The Morgan fingerprint density at radius 2 is 2.35 bits per heavy atom. The van der Waals surface area contributed by atoms with Gasteiger partial charge in [0, 0.05) is 37.8 Å². The molecule has 1 aromatic rings. The van der Waals surface area contributed by atoms with Crippen molar-refractivity contribution < 1.29 is 4.74 Å². The number of nitrogens with zero attached hydrogens (tertiary/aromatic N) is 3. The summed E-state index contributed by atoms with van der Waals surface area (Å²) in [5, 5.41) is 4.92. The molecule has 1 heterocycles. The van der Waals surface area contributed by atoms with Gasteiger partial charge in [-0.15, -0.1) is 5.10 Å². The van der Waals surface area contributed by atoms with Crippen molar-refractivity contribution in [2.24, 2.45) is 5.84 Å². The fourth-order valence-corrected chi connectivity index (χ4v) is 2.02. The van der Waals surface area contributed by atoms with Gasteiger partial charge in [-0.25, -0.2) is 5.84 Å². The SMILES string of the molecule is CCC(C)N(CCOC)Cc1nnsc1NN. The third-order valence-electron chi connectivity index (χ3n) is 2.84. The molecule has 1 atom stereocenters. The molecular formula is C10H21N5OS. The summed E-state index contributed by atoms with van der Waals surface area (Å²) in [5.41, 5.74) is 3.53. The van der Waals surface area contributed by atoms with Crippen molar-refractivity contribution >= 4 is 16.5 Å². The molecule has 0 saturated heterocycles. The largest absolute Gasteiger partial charge is 0.383 e. The molecule has 0 fully saturated rings. The van der Waals surface area contributed by atoms with Crippen LogP contribution in [0.25, 0.3) is 0 Å². The fraction of sp³-hybridized carbons (Fsp3) is 0.800. The molecule has 17 heavy (non-hydrogen) atoms. The van der Waals surface area contributed by atoms with Crippen molar-refractivity contribution in [2.75, 3.05) is 25.7 Å². The molecule has 1 unspecified atom stereocenters. The highest BCUT2D eigenvalue weighted by Gasteiger charge is 2.16. The Morgan fingerprint density at radius 3 is 2.94 bits per heavy atom. The average Bonchev–Trinajstić information content (AvgIpc) is 2.80. The Kier molecular flexibility index (Phi) is 6.35. The van der Waals surface area contributed by atoms with Gasteiger partial charge >= 0.3 is 0 Å². The lowest BCUT2D eigenvalue weighted by Gasteiger charge is -2.27. The number of aromatic nitrogens is 2. The van der Waals surface area contributed by atoms with E-state index in [1.54, 1.807) is 7.11 Å². The molecule has 0 amide bonds. The molecule has 1 aromatic heterocycles. The molecule has 0 saturated carbocycles. The van der Waals surface area contributed by atoms with E-state index in [4.69, 9.17) is 10.6 Å². The molecule has 0 aliphatic carbocycles. The molecule has 98 valence electrons. The van der Waals surface area contributed by atoms with Crippen molar-refractivity contribution in [3.8, 4) is 0 Å². The Labute approximate surface area is 106 Å². The first-order chi connectivity index (χ1) is 8.22. The topological polar surface area (TPSA) is 76.3 Å². The van der Waals surface area contributed by atoms with Crippen LogP contribution in [0.1, 0.15) is 26.0 Å². The Morgan fingerprint density at radius 1 is 1.59 bits per heavy atom. The first-order valence-corrected chi connectivity index (χ1v) is 6.51. The number of nitrogens with two attached hydrogens (primary N) is 1. The zero-order chi connectivity index (χ0) is 12.7. The van der Waals surface area contributed by atoms with E-state index in [0.29, 0.717) is 12.6 Å². The predicted molar refractivity (Wildman–Crippen MR) is 69.8 cm³/mol. The van der Waals surface area contributed by atoms with Gasteiger partial charge < -0.3 is 10.2 Å². The van der Waals surface area contributed by atoms with Gasteiger partial charge in [0.1, 0.15) is 10.7 Å². The number of ether oxygens (including phenoxy) is 1.